The number of alkyl halides is 3. The number of aryl methyl sites for hydroxylation is 2. The van der Waals surface area contributed by atoms with E-state index in [0.717, 1.165) is 11.8 Å². The maximum absolute atomic E-state index is 13.1. The Bertz CT molecular complexity index is 1240. The number of hydrogen-bond acceptors (Lipinski definition) is 6. The molecule has 0 fully saturated rings. The van der Waals surface area contributed by atoms with E-state index in [1.807, 2.05) is 13.8 Å². The third-order valence-electron chi connectivity index (χ3n) is 4.53. The number of anilines is 2. The third kappa shape index (κ3) is 5.54. The number of carbonyl (C=O) groups is 1. The van der Waals surface area contributed by atoms with Crippen LogP contribution < -0.4 is 15.4 Å². The summed E-state index contributed by atoms with van der Waals surface area (Å²) in [6, 6.07) is 5.37. The summed E-state index contributed by atoms with van der Waals surface area (Å²) >= 11 is 0. The number of amides is 2. The molecule has 0 aliphatic carbocycles. The molecule has 33 heavy (non-hydrogen) atoms. The minimum absolute atomic E-state index is 0.122. The number of halogens is 3. The van der Waals surface area contributed by atoms with Gasteiger partial charge >= 0.3 is 12.2 Å². The van der Waals surface area contributed by atoms with Gasteiger partial charge in [-0.2, -0.15) is 18.4 Å². The zero-order chi connectivity index (χ0) is 24.2. The lowest BCUT2D eigenvalue weighted by Crippen LogP contribution is -2.21. The fraction of sp³-hybridized carbons (Fsp3) is 0.227. The molecule has 3 aromatic rings. The maximum atomic E-state index is 13.1. The fourth-order valence-electron chi connectivity index (χ4n) is 2.90. The van der Waals surface area contributed by atoms with Crippen molar-refractivity contribution in [2.75, 3.05) is 17.2 Å². The molecule has 0 radical (unpaired) electrons. The van der Waals surface area contributed by atoms with Gasteiger partial charge in [-0.05, 0) is 45.0 Å². The topological polar surface area (TPSA) is 113 Å². The van der Waals surface area contributed by atoms with Crippen LogP contribution in [-0.2, 0) is 6.18 Å². The van der Waals surface area contributed by atoms with Gasteiger partial charge in [0.2, 0.25) is 0 Å². The molecule has 11 heteroatoms. The number of rotatable bonds is 5. The van der Waals surface area contributed by atoms with Gasteiger partial charge in [0.1, 0.15) is 5.75 Å². The number of carbonyl (C=O) groups excluding carboxylic acids is 1. The molecular formula is C22H19F3N6O2. The number of ether oxygens (including phenoxy) is 1. The van der Waals surface area contributed by atoms with Crippen LogP contribution in [-0.4, -0.2) is 27.6 Å². The van der Waals surface area contributed by atoms with Crippen LogP contribution >= 0.6 is 0 Å². The molecule has 1 aromatic carbocycles. The average Bonchev–Trinajstić information content (AvgIpc) is 2.76. The van der Waals surface area contributed by atoms with E-state index in [-0.39, 0.29) is 11.4 Å². The highest BCUT2D eigenvalue weighted by molar-refractivity contribution is 6.00. The minimum atomic E-state index is -4.73. The Morgan fingerprint density at radius 2 is 1.88 bits per heavy atom. The van der Waals surface area contributed by atoms with Crippen molar-refractivity contribution in [3.05, 3.63) is 59.2 Å². The molecule has 170 valence electrons. The number of pyridine rings is 1. The van der Waals surface area contributed by atoms with E-state index >= 15 is 0 Å². The molecule has 0 spiro atoms. The lowest BCUT2D eigenvalue weighted by molar-refractivity contribution is -0.137. The Labute approximate surface area is 187 Å². The number of nitrogens with zero attached hydrogens (tertiary/aromatic N) is 4. The van der Waals surface area contributed by atoms with Crippen LogP contribution in [0.2, 0.25) is 0 Å². The van der Waals surface area contributed by atoms with E-state index in [9.17, 15) is 18.0 Å². The third-order valence-corrected chi connectivity index (χ3v) is 4.53. The van der Waals surface area contributed by atoms with E-state index in [1.54, 1.807) is 19.2 Å². The van der Waals surface area contributed by atoms with Gasteiger partial charge in [-0.1, -0.05) is 0 Å². The van der Waals surface area contributed by atoms with Crippen LogP contribution in [0, 0.1) is 25.2 Å². The summed E-state index contributed by atoms with van der Waals surface area (Å²) in [5.74, 6) is 0.979. The quantitative estimate of drug-likeness (QED) is 0.553. The largest absolute Gasteiger partial charge is 0.492 e. The van der Waals surface area contributed by atoms with Gasteiger partial charge in [-0.15, -0.1) is 0 Å². The Kier molecular flexibility index (Phi) is 6.77. The molecule has 0 aliphatic rings. The highest BCUT2D eigenvalue weighted by Gasteiger charge is 2.34. The van der Waals surface area contributed by atoms with Crippen molar-refractivity contribution in [2.24, 2.45) is 0 Å². The molecule has 2 amide bonds. The highest BCUT2D eigenvalue weighted by Crippen LogP contribution is 2.33. The zero-order valence-electron chi connectivity index (χ0n) is 17.9. The summed E-state index contributed by atoms with van der Waals surface area (Å²) in [6.45, 7) is 5.81. The van der Waals surface area contributed by atoms with Gasteiger partial charge in [0, 0.05) is 17.4 Å². The van der Waals surface area contributed by atoms with Gasteiger partial charge in [0.05, 0.1) is 47.1 Å². The first-order valence-corrected chi connectivity index (χ1v) is 9.75. The van der Waals surface area contributed by atoms with Crippen molar-refractivity contribution in [1.29, 1.82) is 5.26 Å². The second kappa shape index (κ2) is 9.52. The van der Waals surface area contributed by atoms with Gasteiger partial charge < -0.3 is 15.4 Å². The molecular weight excluding hydrogens is 437 g/mol. The Balaban J connectivity index is 1.77. The normalized spacial score (nSPS) is 10.9. The summed E-state index contributed by atoms with van der Waals surface area (Å²) in [4.78, 5) is 25.2. The van der Waals surface area contributed by atoms with Crippen molar-refractivity contribution >= 4 is 17.4 Å². The van der Waals surface area contributed by atoms with Crippen LogP contribution in [0.4, 0.5) is 29.3 Å². The van der Waals surface area contributed by atoms with Crippen LogP contribution in [0.1, 0.15) is 29.4 Å². The summed E-state index contributed by atoms with van der Waals surface area (Å²) in [6.07, 6.45) is -1.74. The summed E-state index contributed by atoms with van der Waals surface area (Å²) in [5, 5.41) is 13.7. The molecule has 2 heterocycles. The van der Waals surface area contributed by atoms with Crippen molar-refractivity contribution < 1.29 is 22.7 Å². The monoisotopic (exact) mass is 456 g/mol. The van der Waals surface area contributed by atoms with Gasteiger partial charge in [0.15, 0.2) is 5.82 Å². The van der Waals surface area contributed by atoms with E-state index in [1.165, 1.54) is 18.3 Å². The van der Waals surface area contributed by atoms with Crippen LogP contribution in [0.25, 0.3) is 11.4 Å². The zero-order valence-corrected chi connectivity index (χ0v) is 17.9. The van der Waals surface area contributed by atoms with Crippen molar-refractivity contribution in [2.45, 2.75) is 26.9 Å². The number of nitriles is 1. The Morgan fingerprint density at radius 3 is 2.52 bits per heavy atom. The first kappa shape index (κ1) is 23.5. The van der Waals surface area contributed by atoms with Gasteiger partial charge in [0.25, 0.3) is 0 Å². The molecule has 2 aromatic heterocycles. The lowest BCUT2D eigenvalue weighted by atomic mass is 10.1. The molecule has 0 saturated heterocycles. The minimum Gasteiger partial charge on any atom is -0.492 e. The molecule has 0 saturated carbocycles. The van der Waals surface area contributed by atoms with E-state index in [2.05, 4.69) is 25.6 Å². The van der Waals surface area contributed by atoms with E-state index in [0.29, 0.717) is 35.5 Å². The summed E-state index contributed by atoms with van der Waals surface area (Å²) < 4.78 is 44.9. The van der Waals surface area contributed by atoms with Gasteiger partial charge in [-0.3, -0.25) is 4.98 Å². The average molecular weight is 456 g/mol. The standard InChI is InChI=1S/C22H19F3N6O2/c1-4-33-19-7-15(10-27-13(19)3)20-28-11-18(12(2)29-20)31-21(32)30-16-6-5-14(9-26)17(8-16)22(23,24)25/h5-8,10-11H,4H2,1-3H3,(H2,30,31,32). The number of nitrogens with one attached hydrogen (secondary N) is 2. The first-order valence-electron chi connectivity index (χ1n) is 9.75. The molecule has 0 atom stereocenters. The Hall–Kier alpha value is -4.20. The van der Waals surface area contributed by atoms with Crippen LogP contribution in [0.3, 0.4) is 0 Å². The second-order valence-corrected chi connectivity index (χ2v) is 6.88. The number of aromatic nitrogens is 3. The molecule has 3 rings (SSSR count). The number of urea groups is 1. The molecule has 0 bridgehead atoms. The highest BCUT2D eigenvalue weighted by atomic mass is 19.4. The predicted octanol–water partition coefficient (Wildman–Crippen LogP) is 5.09. The maximum Gasteiger partial charge on any atom is 0.417 e. The summed E-state index contributed by atoms with van der Waals surface area (Å²) in [7, 11) is 0. The molecule has 0 unspecified atom stereocenters. The number of benzene rings is 1. The van der Waals surface area contributed by atoms with E-state index in [4.69, 9.17) is 10.00 Å². The Morgan fingerprint density at radius 1 is 1.12 bits per heavy atom. The van der Waals surface area contributed by atoms with E-state index < -0.39 is 23.3 Å². The number of hydrogen-bond donors (Lipinski definition) is 2. The molecule has 2 N–H and O–H groups in total. The predicted molar refractivity (Wildman–Crippen MR) is 115 cm³/mol. The fourth-order valence-corrected chi connectivity index (χ4v) is 2.90. The summed E-state index contributed by atoms with van der Waals surface area (Å²) in [5.41, 5.74) is 0.263. The van der Waals surface area contributed by atoms with Gasteiger partial charge in [-0.25, -0.2) is 14.8 Å². The molecule has 0 aliphatic heterocycles. The molecule has 8 nitrogen and oxygen atoms in total. The van der Waals surface area contributed by atoms with Crippen molar-refractivity contribution in [3.63, 3.8) is 0 Å². The van der Waals surface area contributed by atoms with Crippen molar-refractivity contribution in [3.8, 4) is 23.2 Å². The van der Waals surface area contributed by atoms with Crippen LogP contribution in [0.5, 0.6) is 5.75 Å². The second-order valence-electron chi connectivity index (χ2n) is 6.88. The smallest absolute Gasteiger partial charge is 0.417 e. The first-order chi connectivity index (χ1) is 15.6. The SMILES string of the molecule is CCOc1cc(-c2ncc(NC(=O)Nc3ccc(C#N)c(C(F)(F)F)c3)c(C)n2)cnc1C. The van der Waals surface area contributed by atoms with Crippen molar-refractivity contribution in [1.82, 2.24) is 15.0 Å². The lowest BCUT2D eigenvalue weighted by Gasteiger charge is -2.13. The van der Waals surface area contributed by atoms with Crippen LogP contribution in [0.15, 0.2) is 36.7 Å².